The number of furan rings is 1. The molecule has 2 aliphatic heterocycles. The average Bonchev–Trinajstić information content (AvgIpc) is 4.07. The van der Waals surface area contributed by atoms with Crippen molar-refractivity contribution in [2.75, 3.05) is 56.9 Å². The van der Waals surface area contributed by atoms with Gasteiger partial charge in [0, 0.05) is 37.9 Å². The van der Waals surface area contributed by atoms with Gasteiger partial charge in [-0.25, -0.2) is 14.1 Å². The first-order valence-corrected chi connectivity index (χ1v) is 27.9. The van der Waals surface area contributed by atoms with Gasteiger partial charge in [0.2, 0.25) is 10.7 Å². The number of fused-ring (bicyclic) bond motifs is 1. The molecule has 0 spiro atoms. The lowest BCUT2D eigenvalue weighted by Gasteiger charge is -2.29. The number of anilines is 1. The number of carboxylic acid groups (broad SMARTS) is 1. The number of benzene rings is 2. The fourth-order valence-electron chi connectivity index (χ4n) is 6.89. The van der Waals surface area contributed by atoms with Crippen molar-refractivity contribution in [3.8, 4) is 0 Å². The van der Waals surface area contributed by atoms with Gasteiger partial charge in [-0.1, -0.05) is 66.8 Å². The molecule has 4 N–H and O–H groups in total. The Morgan fingerprint density at radius 1 is 1.08 bits per heavy atom. The molecule has 1 fully saturated rings. The van der Waals surface area contributed by atoms with E-state index in [9.17, 15) is 32.9 Å². The summed E-state index contributed by atoms with van der Waals surface area (Å²) in [7, 11) is -0.228. The second-order valence-corrected chi connectivity index (χ2v) is 22.4. The number of hydrogen-bond acceptors (Lipinski definition) is 14. The Morgan fingerprint density at radius 3 is 2.24 bits per heavy atom. The number of aromatic nitrogens is 2. The molecular weight excluding hydrogens is 1070 g/mol. The van der Waals surface area contributed by atoms with Crippen LogP contribution in [0.25, 0.3) is 0 Å². The zero-order valence-corrected chi connectivity index (χ0v) is 45.8. The molecule has 71 heavy (non-hydrogen) atoms. The predicted molar refractivity (Wildman–Crippen MR) is 275 cm³/mol. The third-order valence-corrected chi connectivity index (χ3v) is 14.5. The fraction of sp³-hybridized carbons (Fsp3) is 0.511. The number of methoxy groups -OCH3 is 2. The number of para-hydroxylation sites is 1. The number of rotatable bonds is 16. The number of hydrogen-bond donors (Lipinski definition) is 3. The Hall–Kier alpha value is -3.73. The van der Waals surface area contributed by atoms with E-state index in [1.54, 1.807) is 47.6 Å². The number of aliphatic carboxylic acids is 1. The molecule has 3 unspecified atom stereocenters. The largest absolute Gasteiger partial charge is 0.480 e. The van der Waals surface area contributed by atoms with Gasteiger partial charge in [-0.05, 0) is 92.7 Å². The summed E-state index contributed by atoms with van der Waals surface area (Å²) in [4.78, 5) is 73.2. The molecule has 0 aliphatic carbocycles. The summed E-state index contributed by atoms with van der Waals surface area (Å²) in [6.45, 7) is 10.9. The third kappa shape index (κ3) is 18.6. The molecule has 1 saturated heterocycles. The van der Waals surface area contributed by atoms with E-state index in [-0.39, 0.29) is 64.4 Å². The Morgan fingerprint density at radius 2 is 1.72 bits per heavy atom. The van der Waals surface area contributed by atoms with Gasteiger partial charge in [0.25, 0.3) is 5.91 Å². The summed E-state index contributed by atoms with van der Waals surface area (Å²) >= 11 is 25.1. The van der Waals surface area contributed by atoms with E-state index < -0.39 is 41.7 Å². The molecule has 6 rings (SSSR count). The molecule has 4 aromatic rings. The number of carbonyl (C=O) groups is 4. The van der Waals surface area contributed by atoms with E-state index in [0.717, 1.165) is 71.7 Å². The topological polar surface area (TPSA) is 238 Å². The van der Waals surface area contributed by atoms with Crippen LogP contribution in [0, 0.1) is 5.82 Å². The maximum atomic E-state index is 14.3. The van der Waals surface area contributed by atoms with E-state index >= 15 is 0 Å². The molecule has 2 aliphatic rings. The number of aryl methyl sites for hydroxylation is 2. The van der Waals surface area contributed by atoms with Crippen molar-refractivity contribution in [2.24, 2.45) is 10.7 Å². The minimum atomic E-state index is -3.10. The number of carbonyl (C=O) groups excluding carboxylic acids is 3. The molecule has 0 bridgehead atoms. The summed E-state index contributed by atoms with van der Waals surface area (Å²) in [6.07, 6.45) is 4.93. The highest BCUT2D eigenvalue weighted by molar-refractivity contribution is 8.00. The van der Waals surface area contributed by atoms with Crippen molar-refractivity contribution in [3.63, 3.8) is 0 Å². The number of esters is 1. The second-order valence-electron chi connectivity index (χ2n) is 16.1. The van der Waals surface area contributed by atoms with Crippen molar-refractivity contribution in [1.29, 1.82) is 0 Å². The fourth-order valence-corrected chi connectivity index (χ4v) is 10.0. The van der Waals surface area contributed by atoms with Crippen molar-refractivity contribution < 1.29 is 56.8 Å². The van der Waals surface area contributed by atoms with Crippen LogP contribution in [0.2, 0.25) is 5.02 Å². The van der Waals surface area contributed by atoms with Crippen molar-refractivity contribution in [1.82, 2.24) is 14.3 Å². The molecule has 3 atom stereocenters. The van der Waals surface area contributed by atoms with Gasteiger partial charge in [0.1, 0.15) is 47.7 Å². The van der Waals surface area contributed by atoms with E-state index in [1.807, 2.05) is 24.3 Å². The summed E-state index contributed by atoms with van der Waals surface area (Å²) in [5.74, 6) is -1.90. The molecule has 394 valence electrons. The van der Waals surface area contributed by atoms with Gasteiger partial charge >= 0.3 is 16.8 Å². The van der Waals surface area contributed by atoms with E-state index in [4.69, 9.17) is 76.0 Å². The number of carboxylic acids is 1. The van der Waals surface area contributed by atoms with E-state index in [1.165, 1.54) is 24.7 Å². The zero-order valence-electron chi connectivity index (χ0n) is 40.3. The molecular formula is C45H60Cl4FN6O12PS2. The first kappa shape index (κ1) is 61.6. The first-order chi connectivity index (χ1) is 33.4. The van der Waals surface area contributed by atoms with Crippen LogP contribution in [0.4, 0.5) is 15.8 Å². The molecule has 26 heteroatoms. The van der Waals surface area contributed by atoms with E-state index in [0.29, 0.717) is 35.1 Å². The molecule has 4 heterocycles. The number of ether oxygens (including phenoxy) is 3. The van der Waals surface area contributed by atoms with Crippen LogP contribution >= 0.6 is 76.9 Å². The molecule has 2 aromatic carbocycles. The Kier molecular flexibility index (Phi) is 25.4. The number of amides is 2. The van der Waals surface area contributed by atoms with Crippen LogP contribution in [0.15, 0.2) is 67.8 Å². The lowest BCUT2D eigenvalue weighted by atomic mass is 10.0. The molecule has 0 saturated carbocycles. The van der Waals surface area contributed by atoms with Gasteiger partial charge in [0.15, 0.2) is 12.2 Å². The normalized spacial score (nSPS) is 16.2. The molecule has 2 amide bonds. The number of nitrogens with two attached hydrogens (primary N) is 1. The second kappa shape index (κ2) is 29.2. The van der Waals surface area contributed by atoms with Crippen LogP contribution < -0.4 is 20.3 Å². The summed E-state index contributed by atoms with van der Waals surface area (Å²) in [6, 6.07) is 11.3. The van der Waals surface area contributed by atoms with Gasteiger partial charge in [-0.3, -0.25) is 38.1 Å². The van der Waals surface area contributed by atoms with Gasteiger partial charge < -0.3 is 39.3 Å². The van der Waals surface area contributed by atoms with Crippen LogP contribution in [-0.4, -0.2) is 117 Å². The number of nitrogens with zero attached hydrogens (tertiary/aromatic N) is 5. The minimum absolute atomic E-state index is 0.0371. The minimum Gasteiger partial charge on any atom is -0.480 e. The van der Waals surface area contributed by atoms with Crippen LogP contribution in [0.1, 0.15) is 69.9 Å². The number of halogens is 5. The number of thioether (sulfide) groups is 1. The highest BCUT2D eigenvalue weighted by Crippen LogP contribution is 2.38. The average molecular weight is 1130 g/mol. The molecule has 18 nitrogen and oxygen atoms in total. The standard InChI is InChI=1S/C15H15ClFN3O3S2.C14H20ClNO2.C11H13Cl2NO3.C5H12NO4P/c1-23-13(21)8-24-12-7-11(10(17)6-9(12)16)18-14-19-4-2-3-5-20(19)15(22)25-14;1-4-11-7-6-8-12(5-2)14(11)16(10-18-3)13(17)9-15;1-11(2)14(10(15)9(12)13)6-8(17-11)7-4-3-5-16-7;1-11(9,10)3-2-4(6)5(7)8/h6-7H,2-5,8H2,1H3;6-8H,4-5,9-10H2,1-3H3;3-5,8-9H,6H2,1-2H3;4H,2-3,6H2,1H3,(H,7,8)(H,9,10)/b18-14-;;;. The molecule has 0 radical (unpaired) electrons. The highest BCUT2D eigenvalue weighted by atomic mass is 35.5. The maximum absolute atomic E-state index is 14.3. The Bertz CT molecular complexity index is 2570. The monoisotopic (exact) mass is 1130 g/mol. The smallest absolute Gasteiger partial charge is 0.325 e. The van der Waals surface area contributed by atoms with Crippen molar-refractivity contribution >= 4 is 112 Å². The predicted octanol–water partition coefficient (Wildman–Crippen LogP) is 8.19. The first-order valence-electron chi connectivity index (χ1n) is 22.0. The van der Waals surface area contributed by atoms with Crippen LogP contribution in [0.3, 0.4) is 0 Å². The maximum Gasteiger partial charge on any atom is 0.325 e. The Balaban J connectivity index is 0.000000260. The quantitative estimate of drug-likeness (QED) is 0.0315. The number of alkyl halides is 3. The third-order valence-electron chi connectivity index (χ3n) is 10.5. The van der Waals surface area contributed by atoms with Crippen LogP contribution in [0.5, 0.6) is 0 Å². The van der Waals surface area contributed by atoms with Crippen molar-refractivity contribution in [3.05, 3.63) is 90.9 Å². The Labute approximate surface area is 439 Å². The van der Waals surface area contributed by atoms with Gasteiger partial charge in [-0.15, -0.1) is 23.4 Å². The van der Waals surface area contributed by atoms with Crippen molar-refractivity contribution in [2.45, 2.75) is 100 Å². The summed E-state index contributed by atoms with van der Waals surface area (Å²) < 4.78 is 49.1. The lowest BCUT2D eigenvalue weighted by Crippen LogP contribution is -2.45. The summed E-state index contributed by atoms with van der Waals surface area (Å²) in [5, 5.41) is 8.48. The highest BCUT2D eigenvalue weighted by Gasteiger charge is 2.45. The SMILES string of the molecule is CC1(C)OC(c2ccco2)CN1C(=O)C(Cl)Cl.CCc1cccc(CC)c1N(COC)C(=O)CCl.COC(=O)CSc1cc(/N=c2\sc(=O)n3n2CCCC3)c(F)cc1Cl.CP(=O)(O)CCC(N)C(=O)O. The van der Waals surface area contributed by atoms with Crippen LogP contribution in [-0.2, 0) is 63.9 Å². The van der Waals surface area contributed by atoms with Gasteiger partial charge in [-0.2, -0.15) is 0 Å². The summed E-state index contributed by atoms with van der Waals surface area (Å²) in [5.41, 5.74) is 7.68. The zero-order chi connectivity index (χ0) is 53.2. The van der Waals surface area contributed by atoms with Gasteiger partial charge in [0.05, 0.1) is 36.4 Å². The van der Waals surface area contributed by atoms with E-state index in [2.05, 4.69) is 23.6 Å². The lowest BCUT2D eigenvalue weighted by molar-refractivity contribution is -0.144. The molecule has 2 aromatic heterocycles.